The maximum atomic E-state index is 11.7. The van der Waals surface area contributed by atoms with Crippen LogP contribution in [0.2, 0.25) is 0 Å². The molecule has 0 spiro atoms. The molecule has 2 rings (SSSR count). The van der Waals surface area contributed by atoms with Gasteiger partial charge in [-0.15, -0.1) is 0 Å². The van der Waals surface area contributed by atoms with Gasteiger partial charge < -0.3 is 19.3 Å². The number of rotatable bonds is 6. The first-order chi connectivity index (χ1) is 9.60. The van der Waals surface area contributed by atoms with Crippen LogP contribution in [-0.4, -0.2) is 32.4 Å². The first-order valence-corrected chi connectivity index (χ1v) is 6.57. The van der Waals surface area contributed by atoms with Gasteiger partial charge in [0.1, 0.15) is 11.5 Å². The van der Waals surface area contributed by atoms with Crippen LogP contribution in [0.5, 0.6) is 11.5 Å². The van der Waals surface area contributed by atoms with E-state index in [0.29, 0.717) is 36.5 Å². The third-order valence-corrected chi connectivity index (χ3v) is 4.06. The van der Waals surface area contributed by atoms with Gasteiger partial charge in [0.05, 0.1) is 31.8 Å². The Kier molecular flexibility index (Phi) is 4.18. The summed E-state index contributed by atoms with van der Waals surface area (Å²) in [4.78, 5) is 11.7. The standard InChI is InChI=1S/C15H20O5/c1-18-9-10-12(19-2)6-5-11(13(10)20-3)15(14(16)17)7-4-8-15/h5-6H,4,7-9H2,1-3H3,(H,16,17). The lowest BCUT2D eigenvalue weighted by molar-refractivity contribution is -0.147. The van der Waals surface area contributed by atoms with Gasteiger partial charge in [0.2, 0.25) is 0 Å². The van der Waals surface area contributed by atoms with Crippen molar-refractivity contribution < 1.29 is 24.1 Å². The van der Waals surface area contributed by atoms with E-state index in [1.807, 2.05) is 0 Å². The fourth-order valence-electron chi connectivity index (χ4n) is 2.82. The molecule has 1 aromatic carbocycles. The van der Waals surface area contributed by atoms with E-state index >= 15 is 0 Å². The Balaban J connectivity index is 2.59. The summed E-state index contributed by atoms with van der Waals surface area (Å²) in [5.74, 6) is 0.413. The van der Waals surface area contributed by atoms with Gasteiger partial charge in [0.15, 0.2) is 0 Å². The van der Waals surface area contributed by atoms with Crippen molar-refractivity contribution in [2.24, 2.45) is 0 Å². The molecule has 0 aromatic heterocycles. The Bertz CT molecular complexity index is 505. The van der Waals surface area contributed by atoms with Crippen molar-refractivity contribution in [1.29, 1.82) is 0 Å². The van der Waals surface area contributed by atoms with Gasteiger partial charge in [0.25, 0.3) is 0 Å². The van der Waals surface area contributed by atoms with E-state index < -0.39 is 11.4 Å². The van der Waals surface area contributed by atoms with E-state index in [1.54, 1.807) is 33.5 Å². The number of methoxy groups -OCH3 is 3. The van der Waals surface area contributed by atoms with Gasteiger partial charge in [-0.3, -0.25) is 4.79 Å². The number of ether oxygens (including phenoxy) is 3. The van der Waals surface area contributed by atoms with Gasteiger partial charge in [0, 0.05) is 12.7 Å². The number of hydrogen-bond donors (Lipinski definition) is 1. The first-order valence-electron chi connectivity index (χ1n) is 6.57. The Morgan fingerprint density at radius 3 is 2.35 bits per heavy atom. The minimum Gasteiger partial charge on any atom is -0.496 e. The summed E-state index contributed by atoms with van der Waals surface area (Å²) in [5.41, 5.74) is 0.634. The Labute approximate surface area is 118 Å². The monoisotopic (exact) mass is 280 g/mol. The second-order valence-electron chi connectivity index (χ2n) is 5.00. The molecule has 0 saturated heterocycles. The fraction of sp³-hybridized carbons (Fsp3) is 0.533. The van der Waals surface area contributed by atoms with Crippen LogP contribution in [0.25, 0.3) is 0 Å². The lowest BCUT2D eigenvalue weighted by atomic mass is 9.64. The van der Waals surface area contributed by atoms with E-state index in [0.717, 1.165) is 12.0 Å². The molecule has 0 atom stereocenters. The molecule has 0 heterocycles. The minimum absolute atomic E-state index is 0.315. The highest BCUT2D eigenvalue weighted by Crippen LogP contribution is 2.49. The molecule has 1 aliphatic carbocycles. The SMILES string of the molecule is COCc1c(OC)ccc(C2(C(=O)O)CCC2)c1OC. The number of hydrogen-bond acceptors (Lipinski definition) is 4. The van der Waals surface area contributed by atoms with Crippen LogP contribution in [0.1, 0.15) is 30.4 Å². The summed E-state index contributed by atoms with van der Waals surface area (Å²) in [6.45, 7) is 0.315. The summed E-state index contributed by atoms with van der Waals surface area (Å²) < 4.78 is 16.0. The normalized spacial score (nSPS) is 16.4. The van der Waals surface area contributed by atoms with Crippen LogP contribution in [0.15, 0.2) is 12.1 Å². The van der Waals surface area contributed by atoms with Crippen molar-refractivity contribution in [3.8, 4) is 11.5 Å². The Morgan fingerprint density at radius 2 is 1.95 bits per heavy atom. The molecule has 5 heteroatoms. The van der Waals surface area contributed by atoms with Crippen molar-refractivity contribution >= 4 is 5.97 Å². The van der Waals surface area contributed by atoms with Gasteiger partial charge in [-0.25, -0.2) is 0 Å². The summed E-state index contributed by atoms with van der Waals surface area (Å²) in [7, 11) is 4.71. The zero-order valence-electron chi connectivity index (χ0n) is 12.1. The summed E-state index contributed by atoms with van der Waals surface area (Å²) in [5, 5.41) is 9.59. The molecule has 1 aromatic rings. The van der Waals surface area contributed by atoms with Crippen molar-refractivity contribution in [2.45, 2.75) is 31.3 Å². The largest absolute Gasteiger partial charge is 0.496 e. The summed E-state index contributed by atoms with van der Waals surface area (Å²) in [6.07, 6.45) is 2.19. The topological polar surface area (TPSA) is 65.0 Å². The highest BCUT2D eigenvalue weighted by molar-refractivity contribution is 5.84. The van der Waals surface area contributed by atoms with Crippen LogP contribution >= 0.6 is 0 Å². The smallest absolute Gasteiger partial charge is 0.314 e. The number of benzene rings is 1. The molecule has 0 aliphatic heterocycles. The quantitative estimate of drug-likeness (QED) is 0.866. The molecule has 20 heavy (non-hydrogen) atoms. The predicted molar refractivity (Wildman–Crippen MR) is 73.4 cm³/mol. The highest BCUT2D eigenvalue weighted by atomic mass is 16.5. The Morgan fingerprint density at radius 1 is 1.25 bits per heavy atom. The minimum atomic E-state index is -0.833. The maximum Gasteiger partial charge on any atom is 0.314 e. The molecule has 0 amide bonds. The van der Waals surface area contributed by atoms with Crippen molar-refractivity contribution in [1.82, 2.24) is 0 Å². The molecule has 1 aliphatic rings. The lowest BCUT2D eigenvalue weighted by Gasteiger charge is -2.39. The molecule has 0 radical (unpaired) electrons. The van der Waals surface area contributed by atoms with E-state index in [1.165, 1.54) is 0 Å². The van der Waals surface area contributed by atoms with E-state index in [2.05, 4.69) is 0 Å². The zero-order valence-corrected chi connectivity index (χ0v) is 12.1. The van der Waals surface area contributed by atoms with Crippen LogP contribution < -0.4 is 9.47 Å². The van der Waals surface area contributed by atoms with Crippen molar-refractivity contribution in [2.75, 3.05) is 21.3 Å². The predicted octanol–water partition coefficient (Wildman–Crippen LogP) is 2.36. The van der Waals surface area contributed by atoms with Gasteiger partial charge in [-0.1, -0.05) is 12.5 Å². The number of carbonyl (C=O) groups is 1. The molecule has 0 bridgehead atoms. The second kappa shape index (κ2) is 5.71. The van der Waals surface area contributed by atoms with Crippen molar-refractivity contribution in [3.05, 3.63) is 23.3 Å². The number of aliphatic carboxylic acids is 1. The maximum absolute atomic E-state index is 11.7. The van der Waals surface area contributed by atoms with Crippen molar-refractivity contribution in [3.63, 3.8) is 0 Å². The lowest BCUT2D eigenvalue weighted by Crippen LogP contribution is -2.42. The van der Waals surface area contributed by atoms with Gasteiger partial charge in [-0.05, 0) is 18.9 Å². The third-order valence-electron chi connectivity index (χ3n) is 4.06. The van der Waals surface area contributed by atoms with Gasteiger partial charge in [-0.2, -0.15) is 0 Å². The third kappa shape index (κ3) is 2.12. The second-order valence-corrected chi connectivity index (χ2v) is 5.00. The zero-order chi connectivity index (χ0) is 14.8. The Hall–Kier alpha value is -1.75. The summed E-state index contributed by atoms with van der Waals surface area (Å²) in [6, 6.07) is 3.58. The molecule has 1 N–H and O–H groups in total. The molecule has 1 saturated carbocycles. The molecule has 5 nitrogen and oxygen atoms in total. The molecular formula is C15H20O5. The van der Waals surface area contributed by atoms with E-state index in [4.69, 9.17) is 14.2 Å². The van der Waals surface area contributed by atoms with Crippen LogP contribution in [0, 0.1) is 0 Å². The average Bonchev–Trinajstić information content (AvgIpc) is 2.37. The van der Waals surface area contributed by atoms with E-state index in [9.17, 15) is 9.90 Å². The van der Waals surface area contributed by atoms with Crippen LogP contribution in [0.4, 0.5) is 0 Å². The average molecular weight is 280 g/mol. The molecule has 0 unspecified atom stereocenters. The highest BCUT2D eigenvalue weighted by Gasteiger charge is 2.48. The van der Waals surface area contributed by atoms with E-state index in [-0.39, 0.29) is 0 Å². The molecular weight excluding hydrogens is 260 g/mol. The van der Waals surface area contributed by atoms with Crippen LogP contribution in [-0.2, 0) is 21.6 Å². The molecule has 110 valence electrons. The van der Waals surface area contributed by atoms with Gasteiger partial charge >= 0.3 is 5.97 Å². The fourth-order valence-corrected chi connectivity index (χ4v) is 2.82. The first kappa shape index (κ1) is 14.7. The summed E-state index contributed by atoms with van der Waals surface area (Å²) >= 11 is 0. The number of carboxylic acids is 1. The van der Waals surface area contributed by atoms with Crippen LogP contribution in [0.3, 0.4) is 0 Å². The number of carboxylic acid groups (broad SMARTS) is 1. The molecule has 1 fully saturated rings.